The topological polar surface area (TPSA) is 32.3 Å². The van der Waals surface area contributed by atoms with E-state index in [4.69, 9.17) is 11.6 Å². The molecule has 0 spiro atoms. The fourth-order valence-electron chi connectivity index (χ4n) is 4.72. The zero-order chi connectivity index (χ0) is 15.2. The van der Waals surface area contributed by atoms with Crippen LogP contribution in [-0.4, -0.2) is 30.4 Å². The molecule has 1 amide bonds. The van der Waals surface area contributed by atoms with Crippen LogP contribution in [0.2, 0.25) is 5.02 Å². The summed E-state index contributed by atoms with van der Waals surface area (Å²) in [5.41, 5.74) is 2.33. The Labute approximate surface area is 137 Å². The second-order valence-corrected chi connectivity index (χ2v) is 7.49. The number of rotatable bonds is 1. The Bertz CT molecular complexity index is 603. The molecule has 118 valence electrons. The standard InChI is InChI=1S/C18H23ClN2O/c19-16-6-3-4-13-11-21(9-7-15(13)16)17(22)18-8-2-1-5-14(18)10-20-12-18/h3-4,6,14,20H,1-2,5,7-12H2/t14-,18+/m0/s1. The lowest BCUT2D eigenvalue weighted by Gasteiger charge is -2.42. The van der Waals surface area contributed by atoms with E-state index in [9.17, 15) is 4.79 Å². The predicted octanol–water partition coefficient (Wildman–Crippen LogP) is 3.00. The third-order valence-corrected chi connectivity index (χ3v) is 6.31. The first-order valence-electron chi connectivity index (χ1n) is 8.47. The zero-order valence-electron chi connectivity index (χ0n) is 12.9. The number of hydrogen-bond donors (Lipinski definition) is 1. The van der Waals surface area contributed by atoms with Gasteiger partial charge in [-0.1, -0.05) is 36.6 Å². The highest BCUT2D eigenvalue weighted by molar-refractivity contribution is 6.31. The van der Waals surface area contributed by atoms with Gasteiger partial charge in [-0.25, -0.2) is 0 Å². The van der Waals surface area contributed by atoms with E-state index in [-0.39, 0.29) is 5.41 Å². The smallest absolute Gasteiger partial charge is 0.230 e. The molecular formula is C18H23ClN2O. The molecule has 0 unspecified atom stereocenters. The van der Waals surface area contributed by atoms with Crippen LogP contribution in [0, 0.1) is 11.3 Å². The minimum atomic E-state index is -0.131. The second kappa shape index (κ2) is 5.54. The molecular weight excluding hydrogens is 296 g/mol. The van der Waals surface area contributed by atoms with Crippen molar-refractivity contribution in [3.8, 4) is 0 Å². The van der Waals surface area contributed by atoms with Crippen molar-refractivity contribution >= 4 is 17.5 Å². The third-order valence-electron chi connectivity index (χ3n) is 5.96. The molecule has 2 fully saturated rings. The van der Waals surface area contributed by atoms with Crippen molar-refractivity contribution in [1.82, 2.24) is 10.2 Å². The summed E-state index contributed by atoms with van der Waals surface area (Å²) >= 11 is 6.29. The van der Waals surface area contributed by atoms with Crippen molar-refractivity contribution in [1.29, 1.82) is 0 Å². The Morgan fingerprint density at radius 1 is 1.36 bits per heavy atom. The molecule has 22 heavy (non-hydrogen) atoms. The Morgan fingerprint density at radius 3 is 3.18 bits per heavy atom. The number of halogens is 1. The monoisotopic (exact) mass is 318 g/mol. The van der Waals surface area contributed by atoms with E-state index in [0.717, 1.165) is 44.0 Å². The van der Waals surface area contributed by atoms with Crippen molar-refractivity contribution in [2.45, 2.75) is 38.6 Å². The molecule has 0 aromatic heterocycles. The Hall–Kier alpha value is -1.06. The lowest BCUT2D eigenvalue weighted by atomic mass is 9.67. The molecule has 3 aliphatic rings. The van der Waals surface area contributed by atoms with Crippen LogP contribution in [0.5, 0.6) is 0 Å². The number of nitrogens with zero attached hydrogens (tertiary/aromatic N) is 1. The van der Waals surface area contributed by atoms with Crippen LogP contribution in [0.1, 0.15) is 36.8 Å². The number of amides is 1. The fourth-order valence-corrected chi connectivity index (χ4v) is 5.01. The largest absolute Gasteiger partial charge is 0.337 e. The quantitative estimate of drug-likeness (QED) is 0.863. The van der Waals surface area contributed by atoms with Gasteiger partial charge in [0.05, 0.1) is 5.41 Å². The van der Waals surface area contributed by atoms with Gasteiger partial charge in [-0.2, -0.15) is 0 Å². The molecule has 1 saturated carbocycles. The van der Waals surface area contributed by atoms with Crippen LogP contribution in [-0.2, 0) is 17.8 Å². The van der Waals surface area contributed by atoms with Crippen molar-refractivity contribution in [2.75, 3.05) is 19.6 Å². The highest BCUT2D eigenvalue weighted by Crippen LogP contribution is 2.45. The number of benzene rings is 1. The zero-order valence-corrected chi connectivity index (χ0v) is 13.7. The molecule has 1 aromatic carbocycles. The molecule has 1 N–H and O–H groups in total. The van der Waals surface area contributed by atoms with E-state index < -0.39 is 0 Å². The van der Waals surface area contributed by atoms with E-state index in [0.29, 0.717) is 11.8 Å². The summed E-state index contributed by atoms with van der Waals surface area (Å²) in [5.74, 6) is 0.919. The van der Waals surface area contributed by atoms with Crippen LogP contribution in [0.15, 0.2) is 18.2 Å². The van der Waals surface area contributed by atoms with Crippen molar-refractivity contribution in [2.24, 2.45) is 11.3 Å². The van der Waals surface area contributed by atoms with Gasteiger partial charge in [0.1, 0.15) is 0 Å². The predicted molar refractivity (Wildman–Crippen MR) is 87.8 cm³/mol. The SMILES string of the molecule is O=C(N1CCc2c(Cl)cccc2C1)[C@@]12CCCC[C@H]1CNC2. The van der Waals surface area contributed by atoms with Crippen LogP contribution in [0.3, 0.4) is 0 Å². The van der Waals surface area contributed by atoms with Crippen LogP contribution >= 0.6 is 11.6 Å². The maximum atomic E-state index is 13.3. The average Bonchev–Trinajstić information content (AvgIpc) is 2.99. The van der Waals surface area contributed by atoms with Gasteiger partial charge in [-0.05, 0) is 48.9 Å². The first-order valence-corrected chi connectivity index (χ1v) is 8.85. The molecule has 2 aliphatic heterocycles. The molecule has 1 aliphatic carbocycles. The normalized spacial score (nSPS) is 30.8. The van der Waals surface area contributed by atoms with Gasteiger partial charge in [0.2, 0.25) is 5.91 Å². The van der Waals surface area contributed by atoms with Gasteiger partial charge in [0, 0.05) is 24.7 Å². The van der Waals surface area contributed by atoms with Gasteiger partial charge in [0.15, 0.2) is 0 Å². The molecule has 0 bridgehead atoms. The third kappa shape index (κ3) is 2.17. The first-order chi connectivity index (χ1) is 10.7. The number of fused-ring (bicyclic) bond motifs is 2. The molecule has 1 saturated heterocycles. The van der Waals surface area contributed by atoms with Gasteiger partial charge in [-0.3, -0.25) is 4.79 Å². The summed E-state index contributed by atoms with van der Waals surface area (Å²) in [5, 5.41) is 4.33. The molecule has 1 aromatic rings. The fraction of sp³-hybridized carbons (Fsp3) is 0.611. The second-order valence-electron chi connectivity index (χ2n) is 7.08. The van der Waals surface area contributed by atoms with Gasteiger partial charge in [-0.15, -0.1) is 0 Å². The Balaban J connectivity index is 1.59. The van der Waals surface area contributed by atoms with Crippen molar-refractivity contribution in [3.05, 3.63) is 34.3 Å². The van der Waals surface area contributed by atoms with Gasteiger partial charge < -0.3 is 10.2 Å². The number of carbonyl (C=O) groups excluding carboxylic acids is 1. The van der Waals surface area contributed by atoms with Gasteiger partial charge >= 0.3 is 0 Å². The van der Waals surface area contributed by atoms with E-state index >= 15 is 0 Å². The van der Waals surface area contributed by atoms with Crippen molar-refractivity contribution in [3.63, 3.8) is 0 Å². The molecule has 4 heteroatoms. The maximum Gasteiger partial charge on any atom is 0.230 e. The van der Waals surface area contributed by atoms with E-state index in [2.05, 4.69) is 16.3 Å². The summed E-state index contributed by atoms with van der Waals surface area (Å²) in [6.07, 6.45) is 5.62. The molecule has 2 atom stereocenters. The highest BCUT2D eigenvalue weighted by atomic mass is 35.5. The number of carbonyl (C=O) groups is 1. The van der Waals surface area contributed by atoms with Crippen molar-refractivity contribution < 1.29 is 4.79 Å². The summed E-state index contributed by atoms with van der Waals surface area (Å²) < 4.78 is 0. The number of nitrogens with one attached hydrogen (secondary N) is 1. The van der Waals surface area contributed by atoms with E-state index in [1.54, 1.807) is 0 Å². The highest BCUT2D eigenvalue weighted by Gasteiger charge is 2.51. The van der Waals surface area contributed by atoms with Crippen LogP contribution < -0.4 is 5.32 Å². The van der Waals surface area contributed by atoms with Gasteiger partial charge in [0.25, 0.3) is 0 Å². The summed E-state index contributed by atoms with van der Waals surface area (Å²) in [6.45, 7) is 3.42. The molecule has 3 nitrogen and oxygen atoms in total. The maximum absolute atomic E-state index is 13.3. The number of hydrogen-bond acceptors (Lipinski definition) is 2. The summed E-state index contributed by atoms with van der Waals surface area (Å²) in [6, 6.07) is 6.06. The molecule has 2 heterocycles. The molecule has 4 rings (SSSR count). The first kappa shape index (κ1) is 14.5. The summed E-state index contributed by atoms with van der Waals surface area (Å²) in [4.78, 5) is 15.4. The average molecular weight is 319 g/mol. The Morgan fingerprint density at radius 2 is 2.27 bits per heavy atom. The van der Waals surface area contributed by atoms with E-state index in [1.807, 2.05) is 12.1 Å². The van der Waals surface area contributed by atoms with Crippen LogP contribution in [0.25, 0.3) is 0 Å². The lowest BCUT2D eigenvalue weighted by Crippen LogP contribution is -2.51. The van der Waals surface area contributed by atoms with E-state index in [1.165, 1.54) is 30.4 Å². The Kier molecular flexibility index (Phi) is 3.66. The minimum absolute atomic E-state index is 0.131. The molecule has 0 radical (unpaired) electrons. The summed E-state index contributed by atoms with van der Waals surface area (Å²) in [7, 11) is 0. The minimum Gasteiger partial charge on any atom is -0.337 e. The lowest BCUT2D eigenvalue weighted by molar-refractivity contribution is -0.146. The van der Waals surface area contributed by atoms with Crippen LogP contribution in [0.4, 0.5) is 0 Å².